The van der Waals surface area contributed by atoms with E-state index in [0.717, 1.165) is 32.3 Å². The Balaban J connectivity index is 1.51. The van der Waals surface area contributed by atoms with E-state index >= 15 is 0 Å². The lowest BCUT2D eigenvalue weighted by atomic mass is 10.2. The van der Waals surface area contributed by atoms with Crippen molar-refractivity contribution in [2.24, 2.45) is 4.99 Å². The molecule has 11 nitrogen and oxygen atoms in total. The van der Waals surface area contributed by atoms with E-state index in [9.17, 15) is 18.0 Å². The van der Waals surface area contributed by atoms with Gasteiger partial charge in [0.25, 0.3) is 0 Å². The van der Waals surface area contributed by atoms with E-state index in [1.54, 1.807) is 18.2 Å². The summed E-state index contributed by atoms with van der Waals surface area (Å²) < 4.78 is 46.7. The highest BCUT2D eigenvalue weighted by Gasteiger charge is 2.38. The summed E-state index contributed by atoms with van der Waals surface area (Å²) >= 11 is 0. The van der Waals surface area contributed by atoms with Gasteiger partial charge in [0.1, 0.15) is 11.5 Å². The molecule has 202 valence electrons. The first-order chi connectivity index (χ1) is 18.2. The maximum Gasteiger partial charge on any atom is 0.417 e. The smallest absolute Gasteiger partial charge is 0.417 e. The highest BCUT2D eigenvalue weighted by Crippen LogP contribution is 2.31. The number of piperazine rings is 1. The molecule has 0 saturated carbocycles. The average molecular weight is 532 g/mol. The minimum atomic E-state index is -4.63. The number of guanidine groups is 1. The number of methoxy groups -OCH3 is 1. The van der Waals surface area contributed by atoms with Gasteiger partial charge in [0.2, 0.25) is 23.7 Å². The maximum absolute atomic E-state index is 13.8. The molecule has 0 unspecified atom stereocenters. The molecule has 1 aromatic heterocycles. The van der Waals surface area contributed by atoms with Gasteiger partial charge in [-0.3, -0.25) is 4.79 Å². The van der Waals surface area contributed by atoms with Crippen molar-refractivity contribution in [2.75, 3.05) is 67.7 Å². The normalized spacial score (nSPS) is 16.3. The van der Waals surface area contributed by atoms with Crippen molar-refractivity contribution < 1.29 is 22.7 Å². The van der Waals surface area contributed by atoms with Crippen molar-refractivity contribution in [3.05, 3.63) is 54.5 Å². The van der Waals surface area contributed by atoms with Crippen molar-refractivity contribution >= 4 is 34.9 Å². The molecule has 2 aromatic rings. The number of likely N-dealkylation sites (N-methyl/N-ethyl adjacent to an activating group) is 1. The molecule has 0 spiro atoms. The zero-order valence-electron chi connectivity index (χ0n) is 20.9. The number of nitrogens with one attached hydrogen (secondary N) is 4. The summed E-state index contributed by atoms with van der Waals surface area (Å²) in [6.45, 7) is 6.03. The Morgan fingerprint density at radius 3 is 2.61 bits per heavy atom. The topological polar surface area (TPSA) is 119 Å². The summed E-state index contributed by atoms with van der Waals surface area (Å²) in [5.74, 6) is 0.0249. The van der Waals surface area contributed by atoms with E-state index in [4.69, 9.17) is 4.74 Å². The van der Waals surface area contributed by atoms with Crippen LogP contribution in [0.2, 0.25) is 0 Å². The standard InChI is InChI=1S/C24H28F3N9O2/c1-4-19(37)30-15-6-5-7-16(12-15)31-20-17(24(25,26)27)13-28-22(33-20)32-18-14-29-23(34-21(18)38-3)36-10-8-35(2)9-11-36/h4-7,12,14,31H,1,8-11,13H2,2-3H3,(H,30,37)(H2,28,32,33). The number of alkyl halides is 3. The highest BCUT2D eigenvalue weighted by atomic mass is 19.4. The second-order valence-corrected chi connectivity index (χ2v) is 8.55. The van der Waals surface area contributed by atoms with Crippen LogP contribution in [0, 0.1) is 0 Å². The van der Waals surface area contributed by atoms with Crippen molar-refractivity contribution in [2.45, 2.75) is 6.18 Å². The number of carbonyl (C=O) groups excluding carboxylic acids is 1. The number of anilines is 4. The largest absolute Gasteiger partial charge is 0.479 e. The van der Waals surface area contributed by atoms with E-state index in [1.165, 1.54) is 19.4 Å². The molecule has 14 heteroatoms. The van der Waals surface area contributed by atoms with Gasteiger partial charge in [0.05, 0.1) is 25.4 Å². The first-order valence-corrected chi connectivity index (χ1v) is 11.7. The number of benzene rings is 1. The molecule has 1 saturated heterocycles. The fraction of sp³-hybridized carbons (Fsp3) is 0.333. The summed E-state index contributed by atoms with van der Waals surface area (Å²) in [7, 11) is 3.49. The number of rotatable bonds is 7. The number of amides is 1. The number of aliphatic imine (C=N–C) groups is 1. The molecule has 38 heavy (non-hydrogen) atoms. The molecular weight excluding hydrogens is 503 g/mol. The lowest BCUT2D eigenvalue weighted by Gasteiger charge is -2.32. The lowest BCUT2D eigenvalue weighted by Crippen LogP contribution is -2.45. The SMILES string of the molecule is C=CC(=O)Nc1cccc(NC2=C(C(F)(F)F)CN=C(Nc3cnc(N4CCN(C)CC4)nc3OC)N2)c1. The Kier molecular flexibility index (Phi) is 8.00. The van der Waals surface area contributed by atoms with Gasteiger partial charge in [-0.25, -0.2) is 9.98 Å². The number of carbonyl (C=O) groups is 1. The van der Waals surface area contributed by atoms with Crippen molar-refractivity contribution in [1.29, 1.82) is 0 Å². The van der Waals surface area contributed by atoms with Gasteiger partial charge >= 0.3 is 6.18 Å². The molecule has 0 bridgehead atoms. The van der Waals surface area contributed by atoms with Gasteiger partial charge in [-0.15, -0.1) is 0 Å². The molecule has 0 atom stereocenters. The zero-order chi connectivity index (χ0) is 27.3. The molecule has 2 aliphatic heterocycles. The van der Waals surface area contributed by atoms with Crippen LogP contribution in [0.4, 0.5) is 36.2 Å². The Labute approximate surface area is 217 Å². The number of aromatic nitrogens is 2. The molecule has 1 aromatic carbocycles. The molecule has 2 aliphatic rings. The van der Waals surface area contributed by atoms with Crippen molar-refractivity contribution in [1.82, 2.24) is 20.2 Å². The number of halogens is 3. The van der Waals surface area contributed by atoms with E-state index in [2.05, 4.69) is 47.7 Å². The third-order valence-corrected chi connectivity index (χ3v) is 5.84. The summed E-state index contributed by atoms with van der Waals surface area (Å²) in [4.78, 5) is 28.7. The van der Waals surface area contributed by atoms with Gasteiger partial charge in [-0.2, -0.15) is 18.2 Å². The Bertz CT molecular complexity index is 1250. The first-order valence-electron chi connectivity index (χ1n) is 11.7. The third-order valence-electron chi connectivity index (χ3n) is 5.84. The van der Waals surface area contributed by atoms with Gasteiger partial charge < -0.3 is 35.8 Å². The van der Waals surface area contributed by atoms with Crippen LogP contribution in [0.25, 0.3) is 0 Å². The average Bonchev–Trinajstić information content (AvgIpc) is 2.89. The number of hydrogen-bond donors (Lipinski definition) is 4. The predicted octanol–water partition coefficient (Wildman–Crippen LogP) is 2.62. The van der Waals surface area contributed by atoms with E-state index < -0.39 is 24.2 Å². The Morgan fingerprint density at radius 1 is 1.18 bits per heavy atom. The highest BCUT2D eigenvalue weighted by molar-refractivity contribution is 5.99. The monoisotopic (exact) mass is 531 g/mol. The molecular formula is C24H28F3N9O2. The second kappa shape index (κ2) is 11.4. The predicted molar refractivity (Wildman–Crippen MR) is 139 cm³/mol. The summed E-state index contributed by atoms with van der Waals surface area (Å²) in [5.41, 5.74) is 0.145. The van der Waals surface area contributed by atoms with Crippen LogP contribution in [0.3, 0.4) is 0 Å². The first kappa shape index (κ1) is 26.7. The van der Waals surface area contributed by atoms with Crippen LogP contribution in [0.1, 0.15) is 0 Å². The Hall–Kier alpha value is -4.33. The molecule has 0 aliphatic carbocycles. The maximum atomic E-state index is 13.8. The molecule has 1 fully saturated rings. The number of ether oxygens (including phenoxy) is 1. The second-order valence-electron chi connectivity index (χ2n) is 8.55. The van der Waals surface area contributed by atoms with Crippen LogP contribution >= 0.6 is 0 Å². The van der Waals surface area contributed by atoms with E-state index in [1.807, 2.05) is 11.9 Å². The fourth-order valence-electron chi connectivity index (χ4n) is 3.78. The lowest BCUT2D eigenvalue weighted by molar-refractivity contribution is -0.111. The van der Waals surface area contributed by atoms with Gasteiger partial charge in [-0.05, 0) is 31.3 Å². The van der Waals surface area contributed by atoms with E-state index in [-0.39, 0.29) is 17.7 Å². The zero-order valence-corrected chi connectivity index (χ0v) is 20.9. The minimum absolute atomic E-state index is 0.0471. The summed E-state index contributed by atoms with van der Waals surface area (Å²) in [6.07, 6.45) is -2.04. The van der Waals surface area contributed by atoms with Gasteiger partial charge in [0, 0.05) is 37.6 Å². The van der Waals surface area contributed by atoms with Crippen LogP contribution in [0.5, 0.6) is 5.88 Å². The quantitative estimate of drug-likeness (QED) is 0.400. The van der Waals surface area contributed by atoms with E-state index in [0.29, 0.717) is 23.0 Å². The molecule has 4 N–H and O–H groups in total. The molecule has 1 amide bonds. The number of nitrogens with zero attached hydrogens (tertiary/aromatic N) is 5. The van der Waals surface area contributed by atoms with Crippen LogP contribution < -0.4 is 30.9 Å². The molecule has 0 radical (unpaired) electrons. The summed E-state index contributed by atoms with van der Waals surface area (Å²) in [5, 5.41) is 10.9. The summed E-state index contributed by atoms with van der Waals surface area (Å²) in [6, 6.07) is 6.26. The van der Waals surface area contributed by atoms with Gasteiger partial charge in [0.15, 0.2) is 0 Å². The molecule has 3 heterocycles. The minimum Gasteiger partial charge on any atom is -0.479 e. The Morgan fingerprint density at radius 2 is 1.92 bits per heavy atom. The molecule has 4 rings (SSSR count). The van der Waals surface area contributed by atoms with Crippen molar-refractivity contribution in [3.63, 3.8) is 0 Å². The van der Waals surface area contributed by atoms with Crippen LogP contribution in [0.15, 0.2) is 59.5 Å². The van der Waals surface area contributed by atoms with Crippen LogP contribution in [-0.4, -0.2) is 79.8 Å². The fourth-order valence-corrected chi connectivity index (χ4v) is 3.78. The third kappa shape index (κ3) is 6.51. The van der Waals surface area contributed by atoms with Gasteiger partial charge in [-0.1, -0.05) is 12.6 Å². The van der Waals surface area contributed by atoms with Crippen LogP contribution in [-0.2, 0) is 4.79 Å². The van der Waals surface area contributed by atoms with Crippen molar-refractivity contribution in [3.8, 4) is 5.88 Å². The number of hydrogen-bond acceptors (Lipinski definition) is 10.